The van der Waals surface area contributed by atoms with Crippen molar-refractivity contribution in [2.24, 2.45) is 5.92 Å². The van der Waals surface area contributed by atoms with E-state index in [0.29, 0.717) is 0 Å². The van der Waals surface area contributed by atoms with E-state index in [1.54, 1.807) is 25.1 Å². The number of carbonyl (C=O) groups is 2. The molecule has 0 unspecified atom stereocenters. The van der Waals surface area contributed by atoms with Gasteiger partial charge < -0.3 is 5.32 Å². The average molecular weight is 322 g/mol. The molecule has 7 heteroatoms. The van der Waals surface area contributed by atoms with E-state index in [1.165, 1.54) is 12.1 Å². The number of sulfone groups is 1. The fraction of sp³-hybridized carbons (Fsp3) is 0.467. The Hall–Kier alpha value is -1.89. The standard InChI is InChI=1S/C15H18N2O4S/c1-15(11-7-8-11)13(18)17(14(19)16-15)9-10-22(20,21)12-5-3-2-4-6-12/h2-6,11H,7-10H2,1H3,(H,16,19)/t15-/m1/s1. The van der Waals surface area contributed by atoms with Gasteiger partial charge in [0, 0.05) is 6.54 Å². The SMILES string of the molecule is C[C@]1(C2CC2)NC(=O)N(CCS(=O)(=O)c2ccccc2)C1=O. The van der Waals surface area contributed by atoms with Crippen LogP contribution in [0.15, 0.2) is 35.2 Å². The highest BCUT2D eigenvalue weighted by Gasteiger charge is 2.55. The van der Waals surface area contributed by atoms with Crippen LogP contribution in [0.1, 0.15) is 19.8 Å². The summed E-state index contributed by atoms with van der Waals surface area (Å²) in [5.41, 5.74) is -0.867. The van der Waals surface area contributed by atoms with Gasteiger partial charge in [-0.2, -0.15) is 0 Å². The lowest BCUT2D eigenvalue weighted by molar-refractivity contribution is -0.131. The molecule has 1 saturated carbocycles. The van der Waals surface area contributed by atoms with E-state index < -0.39 is 21.4 Å². The summed E-state index contributed by atoms with van der Waals surface area (Å²) in [4.78, 5) is 25.6. The first-order valence-electron chi connectivity index (χ1n) is 7.26. The third kappa shape index (κ3) is 2.49. The van der Waals surface area contributed by atoms with Crippen LogP contribution in [-0.2, 0) is 14.6 Å². The summed E-state index contributed by atoms with van der Waals surface area (Å²) in [5, 5.41) is 2.71. The van der Waals surface area contributed by atoms with Crippen molar-refractivity contribution in [2.75, 3.05) is 12.3 Å². The molecule has 0 radical (unpaired) electrons. The lowest BCUT2D eigenvalue weighted by atomic mass is 9.96. The summed E-state index contributed by atoms with van der Waals surface area (Å²) in [6.45, 7) is 1.60. The molecule has 1 aliphatic heterocycles. The molecule has 0 aromatic heterocycles. The quantitative estimate of drug-likeness (QED) is 0.825. The Labute approximate surface area is 129 Å². The van der Waals surface area contributed by atoms with Gasteiger partial charge in [-0.05, 0) is 37.8 Å². The van der Waals surface area contributed by atoms with Gasteiger partial charge in [-0.15, -0.1) is 0 Å². The van der Waals surface area contributed by atoms with Crippen LogP contribution in [-0.4, -0.2) is 43.1 Å². The van der Waals surface area contributed by atoms with E-state index in [-0.39, 0.29) is 29.0 Å². The molecule has 2 aliphatic rings. The first-order chi connectivity index (χ1) is 10.3. The number of rotatable bonds is 5. The minimum atomic E-state index is -3.51. The molecule has 1 aromatic carbocycles. The van der Waals surface area contributed by atoms with Crippen LogP contribution in [0.25, 0.3) is 0 Å². The Balaban J connectivity index is 1.72. The second-order valence-electron chi connectivity index (χ2n) is 6.00. The van der Waals surface area contributed by atoms with Crippen LogP contribution in [0.2, 0.25) is 0 Å². The number of urea groups is 1. The third-order valence-corrected chi connectivity index (χ3v) is 6.09. The Morgan fingerprint density at radius 1 is 1.23 bits per heavy atom. The van der Waals surface area contributed by atoms with E-state index >= 15 is 0 Å². The fourth-order valence-electron chi connectivity index (χ4n) is 2.81. The van der Waals surface area contributed by atoms with Crippen molar-refractivity contribution in [3.8, 4) is 0 Å². The lowest BCUT2D eigenvalue weighted by Crippen LogP contribution is -2.46. The van der Waals surface area contributed by atoms with Crippen LogP contribution in [0.4, 0.5) is 4.79 Å². The molecule has 0 spiro atoms. The van der Waals surface area contributed by atoms with Gasteiger partial charge in [0.05, 0.1) is 10.6 Å². The Morgan fingerprint density at radius 3 is 2.45 bits per heavy atom. The van der Waals surface area contributed by atoms with E-state index in [2.05, 4.69) is 5.32 Å². The number of hydrogen-bond acceptors (Lipinski definition) is 4. The second kappa shape index (κ2) is 5.08. The number of nitrogens with zero attached hydrogens (tertiary/aromatic N) is 1. The number of carbonyl (C=O) groups excluding carboxylic acids is 2. The molecule has 1 aromatic rings. The average Bonchev–Trinajstić information content (AvgIpc) is 3.30. The first-order valence-corrected chi connectivity index (χ1v) is 8.92. The van der Waals surface area contributed by atoms with Gasteiger partial charge in [-0.1, -0.05) is 18.2 Å². The van der Waals surface area contributed by atoms with Crippen molar-refractivity contribution in [1.82, 2.24) is 10.2 Å². The number of benzene rings is 1. The third-order valence-electron chi connectivity index (χ3n) is 4.38. The summed E-state index contributed by atoms with van der Waals surface area (Å²) < 4.78 is 24.5. The maximum Gasteiger partial charge on any atom is 0.325 e. The van der Waals surface area contributed by atoms with E-state index in [9.17, 15) is 18.0 Å². The van der Waals surface area contributed by atoms with Crippen LogP contribution in [0.5, 0.6) is 0 Å². The molecule has 118 valence electrons. The van der Waals surface area contributed by atoms with Crippen LogP contribution >= 0.6 is 0 Å². The highest BCUT2D eigenvalue weighted by atomic mass is 32.2. The van der Waals surface area contributed by atoms with Crippen molar-refractivity contribution in [1.29, 1.82) is 0 Å². The number of hydrogen-bond donors (Lipinski definition) is 1. The van der Waals surface area contributed by atoms with Crippen LogP contribution in [0.3, 0.4) is 0 Å². The number of nitrogens with one attached hydrogen (secondary N) is 1. The summed E-state index contributed by atoms with van der Waals surface area (Å²) in [7, 11) is -3.51. The van der Waals surface area contributed by atoms with Gasteiger partial charge in [-0.3, -0.25) is 9.69 Å². The number of amides is 3. The molecular formula is C15H18N2O4S. The fourth-order valence-corrected chi connectivity index (χ4v) is 4.04. The highest BCUT2D eigenvalue weighted by Crippen LogP contribution is 2.42. The van der Waals surface area contributed by atoms with Gasteiger partial charge in [0.25, 0.3) is 5.91 Å². The molecule has 3 amide bonds. The van der Waals surface area contributed by atoms with Crippen molar-refractivity contribution in [3.05, 3.63) is 30.3 Å². The van der Waals surface area contributed by atoms with E-state index in [1.807, 2.05) is 0 Å². The van der Waals surface area contributed by atoms with Gasteiger partial charge in [0.1, 0.15) is 5.54 Å². The highest BCUT2D eigenvalue weighted by molar-refractivity contribution is 7.91. The molecule has 1 N–H and O–H groups in total. The zero-order valence-electron chi connectivity index (χ0n) is 12.3. The molecule has 0 bridgehead atoms. The Morgan fingerprint density at radius 2 is 1.86 bits per heavy atom. The normalized spacial score (nSPS) is 25.4. The molecule has 3 rings (SSSR count). The van der Waals surface area contributed by atoms with Gasteiger partial charge in [0.2, 0.25) is 0 Å². The van der Waals surface area contributed by atoms with Crippen LogP contribution in [0, 0.1) is 5.92 Å². The monoisotopic (exact) mass is 322 g/mol. The first kappa shape index (κ1) is 15.0. The minimum absolute atomic E-state index is 0.121. The van der Waals surface area contributed by atoms with Gasteiger partial charge >= 0.3 is 6.03 Å². The molecular weight excluding hydrogens is 304 g/mol. The molecule has 1 heterocycles. The molecule has 1 saturated heterocycles. The topological polar surface area (TPSA) is 83.6 Å². The predicted molar refractivity (Wildman–Crippen MR) is 79.9 cm³/mol. The molecule has 1 aliphatic carbocycles. The van der Waals surface area contributed by atoms with Crippen molar-refractivity contribution >= 4 is 21.8 Å². The van der Waals surface area contributed by atoms with E-state index in [0.717, 1.165) is 17.7 Å². The van der Waals surface area contributed by atoms with Gasteiger partial charge in [-0.25, -0.2) is 13.2 Å². The summed E-state index contributed by atoms with van der Waals surface area (Å²) >= 11 is 0. The van der Waals surface area contributed by atoms with Crippen LogP contribution < -0.4 is 5.32 Å². The molecule has 2 fully saturated rings. The molecule has 1 atom stereocenters. The number of imide groups is 1. The summed E-state index contributed by atoms with van der Waals surface area (Å²) in [5.74, 6) is -0.417. The second-order valence-corrected chi connectivity index (χ2v) is 8.10. The minimum Gasteiger partial charge on any atom is -0.323 e. The summed E-state index contributed by atoms with van der Waals surface area (Å²) in [6.07, 6.45) is 1.83. The van der Waals surface area contributed by atoms with Crippen molar-refractivity contribution < 1.29 is 18.0 Å². The maximum atomic E-state index is 12.4. The maximum absolute atomic E-state index is 12.4. The Kier molecular flexibility index (Phi) is 3.47. The largest absolute Gasteiger partial charge is 0.325 e. The smallest absolute Gasteiger partial charge is 0.323 e. The predicted octanol–water partition coefficient (Wildman–Crippen LogP) is 1.18. The summed E-state index contributed by atoms with van der Waals surface area (Å²) in [6, 6.07) is 7.54. The molecule has 22 heavy (non-hydrogen) atoms. The van der Waals surface area contributed by atoms with E-state index in [4.69, 9.17) is 0 Å². The zero-order chi connectivity index (χ0) is 16.0. The van der Waals surface area contributed by atoms with Crippen molar-refractivity contribution in [3.63, 3.8) is 0 Å². The lowest BCUT2D eigenvalue weighted by Gasteiger charge is -2.20. The van der Waals surface area contributed by atoms with Gasteiger partial charge in [0.15, 0.2) is 9.84 Å². The Bertz CT molecular complexity index is 712. The zero-order valence-corrected chi connectivity index (χ0v) is 13.1. The van der Waals surface area contributed by atoms with Crippen molar-refractivity contribution in [2.45, 2.75) is 30.2 Å². The molecule has 6 nitrogen and oxygen atoms in total.